The van der Waals surface area contributed by atoms with Gasteiger partial charge in [-0.1, -0.05) is 0 Å². The molecular weight excluding hydrogens is 154 g/mol. The van der Waals surface area contributed by atoms with Crippen LogP contribution in [0.4, 0.5) is 0 Å². The molecule has 2 rings (SSSR count). The Bertz CT molecular complexity index is 151. The third-order valence-electron chi connectivity index (χ3n) is 3.29. The van der Waals surface area contributed by atoms with Crippen molar-refractivity contribution in [1.29, 1.82) is 0 Å². The third-order valence-corrected chi connectivity index (χ3v) is 3.29. The predicted octanol–water partition coefficient (Wildman–Crippen LogP) is -0.461. The first-order valence-electron chi connectivity index (χ1n) is 4.81. The summed E-state index contributed by atoms with van der Waals surface area (Å²) >= 11 is 0. The first-order chi connectivity index (χ1) is 5.86. The van der Waals surface area contributed by atoms with E-state index in [0.29, 0.717) is 19.1 Å². The molecule has 3 atom stereocenters. The van der Waals surface area contributed by atoms with Crippen molar-refractivity contribution in [2.75, 3.05) is 32.8 Å². The molecule has 0 bridgehead atoms. The Morgan fingerprint density at radius 3 is 2.33 bits per heavy atom. The van der Waals surface area contributed by atoms with E-state index in [-0.39, 0.29) is 0 Å². The van der Waals surface area contributed by atoms with E-state index in [1.807, 2.05) is 0 Å². The highest BCUT2D eigenvalue weighted by atomic mass is 16.3. The van der Waals surface area contributed by atoms with Crippen molar-refractivity contribution in [2.45, 2.75) is 6.42 Å². The summed E-state index contributed by atoms with van der Waals surface area (Å²) in [4.78, 5) is 2.40. The molecule has 12 heavy (non-hydrogen) atoms. The Hall–Kier alpha value is -0.120. The largest absolute Gasteiger partial charge is 0.396 e. The smallest absolute Gasteiger partial charge is 0.0465 e. The number of nitrogens with zero attached hydrogens (tertiary/aromatic N) is 1. The van der Waals surface area contributed by atoms with Crippen LogP contribution in [0.3, 0.4) is 0 Å². The van der Waals surface area contributed by atoms with Crippen LogP contribution in [0.15, 0.2) is 0 Å². The van der Waals surface area contributed by atoms with Gasteiger partial charge in [0.15, 0.2) is 0 Å². The monoisotopic (exact) mass is 171 g/mol. The average Bonchev–Trinajstić information content (AvgIpc) is 2.56. The number of fused-ring (bicyclic) bond motifs is 1. The first kappa shape index (κ1) is 8.48. The Balaban J connectivity index is 1.68. The van der Waals surface area contributed by atoms with Gasteiger partial charge in [0.2, 0.25) is 0 Å². The highest BCUT2D eigenvalue weighted by Crippen LogP contribution is 2.51. The van der Waals surface area contributed by atoms with Gasteiger partial charge in [0.25, 0.3) is 0 Å². The Labute approximate surface area is 73.0 Å². The minimum Gasteiger partial charge on any atom is -0.396 e. The van der Waals surface area contributed by atoms with Crippen LogP contribution in [0.25, 0.3) is 0 Å². The van der Waals surface area contributed by atoms with Crippen molar-refractivity contribution in [3.05, 3.63) is 0 Å². The SMILES string of the molecule is OCCCN1C[C@@H]2C(CO)[C@@H]2C1. The van der Waals surface area contributed by atoms with Crippen LogP contribution in [0.5, 0.6) is 0 Å². The van der Waals surface area contributed by atoms with Crippen molar-refractivity contribution in [2.24, 2.45) is 17.8 Å². The number of hydrogen-bond acceptors (Lipinski definition) is 3. The zero-order valence-electron chi connectivity index (χ0n) is 7.32. The summed E-state index contributed by atoms with van der Waals surface area (Å²) in [6.07, 6.45) is 0.892. The highest BCUT2D eigenvalue weighted by molar-refractivity contribution is 5.04. The van der Waals surface area contributed by atoms with Gasteiger partial charge >= 0.3 is 0 Å². The second kappa shape index (κ2) is 3.32. The molecule has 3 nitrogen and oxygen atoms in total. The van der Waals surface area contributed by atoms with E-state index in [1.165, 1.54) is 0 Å². The van der Waals surface area contributed by atoms with Crippen LogP contribution in [0, 0.1) is 17.8 Å². The normalized spacial score (nSPS) is 40.0. The zero-order chi connectivity index (χ0) is 8.55. The fourth-order valence-electron chi connectivity index (χ4n) is 2.48. The molecule has 1 aliphatic carbocycles. The molecule has 1 aliphatic heterocycles. The Morgan fingerprint density at radius 2 is 1.83 bits per heavy atom. The van der Waals surface area contributed by atoms with Gasteiger partial charge in [-0.3, -0.25) is 0 Å². The lowest BCUT2D eigenvalue weighted by atomic mass is 10.2. The molecule has 1 unspecified atom stereocenters. The summed E-state index contributed by atoms with van der Waals surface area (Å²) < 4.78 is 0. The molecule has 2 fully saturated rings. The highest BCUT2D eigenvalue weighted by Gasteiger charge is 2.54. The molecule has 0 radical (unpaired) electrons. The minimum atomic E-state index is 0.301. The maximum absolute atomic E-state index is 8.92. The van der Waals surface area contributed by atoms with Gasteiger partial charge in [-0.2, -0.15) is 0 Å². The molecule has 1 saturated carbocycles. The standard InChI is InChI=1S/C9H17NO2/c11-3-1-2-10-4-7-8(5-10)9(7)6-12/h7-9,11-12H,1-6H2/t7-,8+,9?. The molecular formula is C9H17NO2. The van der Waals surface area contributed by atoms with Crippen molar-refractivity contribution in [3.8, 4) is 0 Å². The molecule has 0 aromatic carbocycles. The minimum absolute atomic E-state index is 0.301. The van der Waals surface area contributed by atoms with Gasteiger partial charge in [-0.15, -0.1) is 0 Å². The maximum Gasteiger partial charge on any atom is 0.0465 e. The van der Waals surface area contributed by atoms with Crippen LogP contribution >= 0.6 is 0 Å². The first-order valence-corrected chi connectivity index (χ1v) is 4.81. The Morgan fingerprint density at radius 1 is 1.17 bits per heavy atom. The average molecular weight is 171 g/mol. The van der Waals surface area contributed by atoms with E-state index < -0.39 is 0 Å². The van der Waals surface area contributed by atoms with Crippen LogP contribution in [-0.4, -0.2) is 48.0 Å². The van der Waals surface area contributed by atoms with E-state index >= 15 is 0 Å². The number of rotatable bonds is 4. The summed E-state index contributed by atoms with van der Waals surface area (Å²) in [5, 5.41) is 17.6. The second-order valence-electron chi connectivity index (χ2n) is 4.01. The van der Waals surface area contributed by atoms with Gasteiger partial charge in [0.1, 0.15) is 0 Å². The lowest BCUT2D eigenvalue weighted by Gasteiger charge is -2.17. The summed E-state index contributed by atoms with van der Waals surface area (Å²) in [6.45, 7) is 4.01. The topological polar surface area (TPSA) is 43.7 Å². The van der Waals surface area contributed by atoms with Crippen LogP contribution in [0.2, 0.25) is 0 Å². The zero-order valence-corrected chi connectivity index (χ0v) is 7.32. The summed E-state index contributed by atoms with van der Waals surface area (Å²) in [5.41, 5.74) is 0. The Kier molecular flexibility index (Phi) is 2.35. The molecule has 3 heteroatoms. The lowest BCUT2D eigenvalue weighted by molar-refractivity contribution is 0.204. The van der Waals surface area contributed by atoms with Crippen molar-refractivity contribution >= 4 is 0 Å². The predicted molar refractivity (Wildman–Crippen MR) is 45.7 cm³/mol. The molecule has 1 saturated heterocycles. The van der Waals surface area contributed by atoms with E-state index in [2.05, 4.69) is 4.90 Å². The van der Waals surface area contributed by atoms with Gasteiger partial charge in [0.05, 0.1) is 0 Å². The quantitative estimate of drug-likeness (QED) is 0.601. The number of likely N-dealkylation sites (tertiary alicyclic amines) is 1. The summed E-state index contributed by atoms with van der Waals surface area (Å²) in [7, 11) is 0. The van der Waals surface area contributed by atoms with E-state index in [1.54, 1.807) is 0 Å². The van der Waals surface area contributed by atoms with Crippen LogP contribution in [0.1, 0.15) is 6.42 Å². The third kappa shape index (κ3) is 1.37. The van der Waals surface area contributed by atoms with Crippen molar-refractivity contribution in [1.82, 2.24) is 4.90 Å². The number of aliphatic hydroxyl groups is 2. The fraction of sp³-hybridized carbons (Fsp3) is 1.00. The van der Waals surface area contributed by atoms with Crippen molar-refractivity contribution in [3.63, 3.8) is 0 Å². The van der Waals surface area contributed by atoms with Crippen molar-refractivity contribution < 1.29 is 10.2 Å². The maximum atomic E-state index is 8.92. The number of piperidine rings is 1. The molecule has 70 valence electrons. The van der Waals surface area contributed by atoms with Crippen LogP contribution in [-0.2, 0) is 0 Å². The van der Waals surface area contributed by atoms with E-state index in [4.69, 9.17) is 10.2 Å². The molecule has 2 aliphatic rings. The van der Waals surface area contributed by atoms with Crippen LogP contribution < -0.4 is 0 Å². The molecule has 0 spiro atoms. The fourth-order valence-corrected chi connectivity index (χ4v) is 2.48. The molecule has 0 aromatic heterocycles. The number of hydrogen-bond donors (Lipinski definition) is 2. The van der Waals surface area contributed by atoms with Gasteiger partial charge in [-0.25, -0.2) is 0 Å². The lowest BCUT2D eigenvalue weighted by Crippen LogP contribution is -2.26. The molecule has 2 N–H and O–H groups in total. The summed E-state index contributed by atoms with van der Waals surface area (Å²) in [6, 6.07) is 0. The molecule has 1 heterocycles. The van der Waals surface area contributed by atoms with E-state index in [9.17, 15) is 0 Å². The van der Waals surface area contributed by atoms with E-state index in [0.717, 1.165) is 37.9 Å². The molecule has 0 amide bonds. The second-order valence-corrected chi connectivity index (χ2v) is 4.01. The van der Waals surface area contributed by atoms with Gasteiger partial charge in [0, 0.05) is 32.8 Å². The molecule has 0 aromatic rings. The number of aliphatic hydroxyl groups excluding tert-OH is 2. The van der Waals surface area contributed by atoms with Gasteiger partial charge < -0.3 is 15.1 Å². The summed E-state index contributed by atoms with van der Waals surface area (Å²) in [5.74, 6) is 2.15. The van der Waals surface area contributed by atoms with Gasteiger partial charge in [-0.05, 0) is 24.2 Å².